The van der Waals surface area contributed by atoms with Crippen molar-refractivity contribution >= 4 is 17.7 Å². The molecule has 1 amide bonds. The van der Waals surface area contributed by atoms with E-state index in [9.17, 15) is 4.79 Å². The standard InChI is InChI=1S/C16H22N2O3S/c1-22-10-15(19)18-11-16(12-18)7-14(4-6-21-16)20-9-13-3-2-5-17-8-13/h2-3,5,8,14H,4,6-7,9-12H2,1H3/t14-/m0/s1. The van der Waals surface area contributed by atoms with E-state index >= 15 is 0 Å². The van der Waals surface area contributed by atoms with Crippen molar-refractivity contribution in [3.8, 4) is 0 Å². The van der Waals surface area contributed by atoms with Crippen molar-refractivity contribution in [2.45, 2.75) is 31.2 Å². The summed E-state index contributed by atoms with van der Waals surface area (Å²) in [6.07, 6.45) is 7.54. The molecule has 1 spiro atoms. The molecule has 0 radical (unpaired) electrons. The number of nitrogens with zero attached hydrogens (tertiary/aromatic N) is 2. The van der Waals surface area contributed by atoms with Crippen LogP contribution < -0.4 is 0 Å². The first-order valence-electron chi connectivity index (χ1n) is 7.62. The van der Waals surface area contributed by atoms with Crippen molar-refractivity contribution in [3.63, 3.8) is 0 Å². The number of amides is 1. The van der Waals surface area contributed by atoms with Gasteiger partial charge in [-0.1, -0.05) is 6.07 Å². The summed E-state index contributed by atoms with van der Waals surface area (Å²) >= 11 is 1.57. The van der Waals surface area contributed by atoms with Crippen LogP contribution in [0.4, 0.5) is 0 Å². The zero-order valence-electron chi connectivity index (χ0n) is 12.9. The van der Waals surface area contributed by atoms with Crippen LogP contribution in [0, 0.1) is 0 Å². The maximum absolute atomic E-state index is 11.9. The van der Waals surface area contributed by atoms with Crippen molar-refractivity contribution in [1.82, 2.24) is 9.88 Å². The highest BCUT2D eigenvalue weighted by Crippen LogP contribution is 2.35. The van der Waals surface area contributed by atoms with Crippen LogP contribution in [0.2, 0.25) is 0 Å². The maximum Gasteiger partial charge on any atom is 0.232 e. The van der Waals surface area contributed by atoms with Gasteiger partial charge in [0.15, 0.2) is 0 Å². The number of hydrogen-bond acceptors (Lipinski definition) is 5. The van der Waals surface area contributed by atoms with Gasteiger partial charge >= 0.3 is 0 Å². The fraction of sp³-hybridized carbons (Fsp3) is 0.625. The van der Waals surface area contributed by atoms with E-state index in [0.717, 1.165) is 18.4 Å². The van der Waals surface area contributed by atoms with Gasteiger partial charge in [0.25, 0.3) is 0 Å². The first kappa shape index (κ1) is 15.8. The van der Waals surface area contributed by atoms with Gasteiger partial charge in [0.05, 0.1) is 31.6 Å². The molecule has 3 heterocycles. The van der Waals surface area contributed by atoms with E-state index in [1.54, 1.807) is 18.0 Å². The molecule has 120 valence electrons. The number of ether oxygens (including phenoxy) is 2. The second-order valence-corrected chi connectivity index (χ2v) is 6.87. The SMILES string of the molecule is CSCC(=O)N1CC2(C[C@@H](OCc3cccnc3)CCO2)C1. The average molecular weight is 322 g/mol. The van der Waals surface area contributed by atoms with Crippen LogP contribution in [0.3, 0.4) is 0 Å². The molecule has 22 heavy (non-hydrogen) atoms. The Kier molecular flexibility index (Phi) is 5.00. The van der Waals surface area contributed by atoms with E-state index in [-0.39, 0.29) is 17.6 Å². The van der Waals surface area contributed by atoms with Gasteiger partial charge < -0.3 is 14.4 Å². The van der Waals surface area contributed by atoms with Crippen LogP contribution in [-0.4, -0.2) is 59.2 Å². The molecule has 1 atom stereocenters. The Balaban J connectivity index is 1.47. The van der Waals surface area contributed by atoms with Crippen LogP contribution in [0.25, 0.3) is 0 Å². The monoisotopic (exact) mass is 322 g/mol. The molecule has 0 unspecified atom stereocenters. The second-order valence-electron chi connectivity index (χ2n) is 6.00. The highest BCUT2D eigenvalue weighted by atomic mass is 32.2. The Hall–Kier alpha value is -1.11. The lowest BCUT2D eigenvalue weighted by Gasteiger charge is -2.53. The van der Waals surface area contributed by atoms with E-state index in [1.165, 1.54) is 0 Å². The summed E-state index contributed by atoms with van der Waals surface area (Å²) in [7, 11) is 0. The molecular formula is C16H22N2O3S. The molecule has 3 rings (SSSR count). The summed E-state index contributed by atoms with van der Waals surface area (Å²) in [5.41, 5.74) is 0.916. The summed E-state index contributed by atoms with van der Waals surface area (Å²) in [4.78, 5) is 17.8. The number of thioether (sulfide) groups is 1. The van der Waals surface area contributed by atoms with Gasteiger partial charge in [0, 0.05) is 25.4 Å². The number of rotatable bonds is 5. The van der Waals surface area contributed by atoms with Crippen LogP contribution in [-0.2, 0) is 20.9 Å². The fourth-order valence-electron chi connectivity index (χ4n) is 3.08. The van der Waals surface area contributed by atoms with Gasteiger partial charge in [0.1, 0.15) is 5.60 Å². The van der Waals surface area contributed by atoms with Gasteiger partial charge in [-0.05, 0) is 24.3 Å². The molecule has 0 N–H and O–H groups in total. The van der Waals surface area contributed by atoms with Crippen LogP contribution in [0.15, 0.2) is 24.5 Å². The third-order valence-electron chi connectivity index (χ3n) is 4.23. The van der Waals surface area contributed by atoms with E-state index < -0.39 is 0 Å². The Bertz CT molecular complexity index is 505. The van der Waals surface area contributed by atoms with Crippen molar-refractivity contribution in [1.29, 1.82) is 0 Å². The fourth-order valence-corrected chi connectivity index (χ4v) is 3.51. The number of carbonyl (C=O) groups is 1. The molecule has 5 nitrogen and oxygen atoms in total. The Morgan fingerprint density at radius 2 is 2.45 bits per heavy atom. The normalized spacial score (nSPS) is 23.3. The van der Waals surface area contributed by atoms with Crippen LogP contribution in [0.5, 0.6) is 0 Å². The minimum atomic E-state index is -0.175. The molecule has 0 bridgehead atoms. The number of pyridine rings is 1. The number of likely N-dealkylation sites (tertiary alicyclic amines) is 1. The third kappa shape index (κ3) is 3.62. The molecule has 0 aromatic carbocycles. The number of carbonyl (C=O) groups excluding carboxylic acids is 1. The van der Waals surface area contributed by atoms with Crippen molar-refractivity contribution in [2.75, 3.05) is 31.7 Å². The topological polar surface area (TPSA) is 51.7 Å². The number of aromatic nitrogens is 1. The largest absolute Gasteiger partial charge is 0.373 e. The van der Waals surface area contributed by atoms with Crippen molar-refractivity contribution in [3.05, 3.63) is 30.1 Å². The van der Waals surface area contributed by atoms with E-state index in [1.807, 2.05) is 29.5 Å². The Morgan fingerprint density at radius 1 is 1.59 bits per heavy atom. The van der Waals surface area contributed by atoms with Gasteiger partial charge in [-0.15, -0.1) is 0 Å². The summed E-state index contributed by atoms with van der Waals surface area (Å²) in [5, 5.41) is 0. The first-order valence-corrected chi connectivity index (χ1v) is 9.01. The lowest BCUT2D eigenvalue weighted by Crippen LogP contribution is -2.67. The molecule has 2 aliphatic heterocycles. The summed E-state index contributed by atoms with van der Waals surface area (Å²) in [5.74, 6) is 0.761. The molecule has 6 heteroatoms. The first-order chi connectivity index (χ1) is 10.7. The molecule has 0 saturated carbocycles. The van der Waals surface area contributed by atoms with Gasteiger partial charge in [-0.25, -0.2) is 0 Å². The van der Waals surface area contributed by atoms with E-state index in [0.29, 0.717) is 32.1 Å². The summed E-state index contributed by atoms with van der Waals surface area (Å²) in [6, 6.07) is 3.94. The third-order valence-corrected chi connectivity index (χ3v) is 4.77. The maximum atomic E-state index is 11.9. The molecule has 1 aromatic rings. The average Bonchev–Trinajstić information content (AvgIpc) is 2.52. The molecule has 1 aromatic heterocycles. The highest BCUT2D eigenvalue weighted by molar-refractivity contribution is 7.99. The highest BCUT2D eigenvalue weighted by Gasteiger charge is 2.49. The minimum Gasteiger partial charge on any atom is -0.373 e. The van der Waals surface area contributed by atoms with E-state index in [2.05, 4.69) is 4.98 Å². The molecule has 2 fully saturated rings. The lowest BCUT2D eigenvalue weighted by molar-refractivity contribution is -0.201. The molecule has 2 aliphatic rings. The van der Waals surface area contributed by atoms with Crippen molar-refractivity contribution in [2.24, 2.45) is 0 Å². The predicted molar refractivity (Wildman–Crippen MR) is 85.7 cm³/mol. The van der Waals surface area contributed by atoms with E-state index in [4.69, 9.17) is 9.47 Å². The lowest BCUT2D eigenvalue weighted by atomic mass is 9.84. The second kappa shape index (κ2) is 6.98. The van der Waals surface area contributed by atoms with Crippen LogP contribution >= 0.6 is 11.8 Å². The summed E-state index contributed by atoms with van der Waals surface area (Å²) < 4.78 is 12.0. The molecular weight excluding hydrogens is 300 g/mol. The van der Waals surface area contributed by atoms with Gasteiger partial charge in [-0.3, -0.25) is 9.78 Å². The predicted octanol–water partition coefficient (Wildman–Crippen LogP) is 1.72. The van der Waals surface area contributed by atoms with Crippen molar-refractivity contribution < 1.29 is 14.3 Å². The Labute approximate surface area is 135 Å². The molecule has 0 aliphatic carbocycles. The zero-order valence-corrected chi connectivity index (χ0v) is 13.7. The molecule has 2 saturated heterocycles. The number of hydrogen-bond donors (Lipinski definition) is 0. The zero-order chi connectivity index (χ0) is 15.4. The van der Waals surface area contributed by atoms with Gasteiger partial charge in [-0.2, -0.15) is 11.8 Å². The quantitative estimate of drug-likeness (QED) is 0.826. The van der Waals surface area contributed by atoms with Gasteiger partial charge in [0.2, 0.25) is 5.91 Å². The summed E-state index contributed by atoms with van der Waals surface area (Å²) in [6.45, 7) is 2.71. The smallest absolute Gasteiger partial charge is 0.232 e. The Morgan fingerprint density at radius 3 is 3.18 bits per heavy atom. The van der Waals surface area contributed by atoms with Crippen LogP contribution in [0.1, 0.15) is 18.4 Å². The minimum absolute atomic E-state index is 0.175.